The lowest BCUT2D eigenvalue weighted by Gasteiger charge is -2.05. The first-order chi connectivity index (χ1) is 7.29. The SMILES string of the molecule is CC[C@@H]1OC(=O)c2cc3occc3cc21. The molecule has 1 aromatic heterocycles. The van der Waals surface area contributed by atoms with Gasteiger partial charge in [0.2, 0.25) is 0 Å². The third-order valence-electron chi connectivity index (χ3n) is 2.81. The van der Waals surface area contributed by atoms with Gasteiger partial charge in [0, 0.05) is 10.9 Å². The van der Waals surface area contributed by atoms with E-state index in [4.69, 9.17) is 9.15 Å². The van der Waals surface area contributed by atoms with Crippen LogP contribution in [-0.4, -0.2) is 5.97 Å². The summed E-state index contributed by atoms with van der Waals surface area (Å²) in [6.45, 7) is 2.01. The average Bonchev–Trinajstić information content (AvgIpc) is 2.81. The van der Waals surface area contributed by atoms with E-state index in [2.05, 4.69) is 0 Å². The number of carbonyl (C=O) groups is 1. The van der Waals surface area contributed by atoms with E-state index in [0.717, 1.165) is 23.0 Å². The summed E-state index contributed by atoms with van der Waals surface area (Å²) in [6.07, 6.45) is 2.35. The average molecular weight is 202 g/mol. The molecule has 1 aliphatic heterocycles. The van der Waals surface area contributed by atoms with Crippen molar-refractivity contribution in [2.75, 3.05) is 0 Å². The molecule has 0 bridgehead atoms. The largest absolute Gasteiger partial charge is 0.464 e. The highest BCUT2D eigenvalue weighted by Crippen LogP contribution is 2.35. The zero-order chi connectivity index (χ0) is 10.4. The molecule has 0 saturated heterocycles. The molecule has 0 radical (unpaired) electrons. The Bertz CT molecular complexity index is 539. The highest BCUT2D eigenvalue weighted by Gasteiger charge is 2.30. The van der Waals surface area contributed by atoms with Crippen molar-refractivity contribution < 1.29 is 13.9 Å². The lowest BCUT2D eigenvalue weighted by Crippen LogP contribution is -1.96. The summed E-state index contributed by atoms with van der Waals surface area (Å²) in [4.78, 5) is 11.5. The van der Waals surface area contributed by atoms with Crippen LogP contribution in [0.4, 0.5) is 0 Å². The van der Waals surface area contributed by atoms with Crippen LogP contribution >= 0.6 is 0 Å². The van der Waals surface area contributed by atoms with Crippen LogP contribution in [0, 0.1) is 0 Å². The third kappa shape index (κ3) is 1.09. The summed E-state index contributed by atoms with van der Waals surface area (Å²) in [5.41, 5.74) is 2.36. The molecule has 2 aromatic rings. The molecular weight excluding hydrogens is 192 g/mol. The van der Waals surface area contributed by atoms with Gasteiger partial charge < -0.3 is 9.15 Å². The zero-order valence-corrected chi connectivity index (χ0v) is 8.32. The Morgan fingerprint density at radius 1 is 1.40 bits per heavy atom. The Morgan fingerprint density at radius 3 is 3.07 bits per heavy atom. The number of rotatable bonds is 1. The van der Waals surface area contributed by atoms with Crippen molar-refractivity contribution in [3.8, 4) is 0 Å². The smallest absolute Gasteiger partial charge is 0.339 e. The molecule has 0 spiro atoms. The van der Waals surface area contributed by atoms with Gasteiger partial charge in [-0.2, -0.15) is 0 Å². The monoisotopic (exact) mass is 202 g/mol. The van der Waals surface area contributed by atoms with E-state index in [1.807, 2.05) is 19.1 Å². The molecule has 0 amide bonds. The van der Waals surface area contributed by atoms with Crippen LogP contribution in [-0.2, 0) is 4.74 Å². The minimum Gasteiger partial charge on any atom is -0.464 e. The Labute approximate surface area is 86.6 Å². The summed E-state index contributed by atoms with van der Waals surface area (Å²) in [7, 11) is 0. The highest BCUT2D eigenvalue weighted by molar-refractivity contribution is 5.98. The van der Waals surface area contributed by atoms with Crippen molar-refractivity contribution in [2.24, 2.45) is 0 Å². The van der Waals surface area contributed by atoms with Crippen LogP contribution < -0.4 is 0 Å². The Morgan fingerprint density at radius 2 is 2.27 bits per heavy atom. The maximum atomic E-state index is 11.5. The number of carbonyl (C=O) groups excluding carboxylic acids is 1. The van der Waals surface area contributed by atoms with Crippen molar-refractivity contribution in [3.05, 3.63) is 35.6 Å². The van der Waals surface area contributed by atoms with Gasteiger partial charge in [0.05, 0.1) is 11.8 Å². The molecule has 2 heterocycles. The lowest BCUT2D eigenvalue weighted by molar-refractivity contribution is 0.0378. The summed E-state index contributed by atoms with van der Waals surface area (Å²) in [5.74, 6) is -0.241. The minimum absolute atomic E-state index is 0.0909. The van der Waals surface area contributed by atoms with Gasteiger partial charge in [-0.3, -0.25) is 0 Å². The van der Waals surface area contributed by atoms with E-state index in [-0.39, 0.29) is 12.1 Å². The fourth-order valence-electron chi connectivity index (χ4n) is 2.03. The van der Waals surface area contributed by atoms with Crippen molar-refractivity contribution in [2.45, 2.75) is 19.4 Å². The quantitative estimate of drug-likeness (QED) is 0.667. The molecule has 15 heavy (non-hydrogen) atoms. The molecule has 0 saturated carbocycles. The minimum atomic E-state index is -0.241. The van der Waals surface area contributed by atoms with Crippen molar-refractivity contribution in [1.82, 2.24) is 0 Å². The molecule has 3 heteroatoms. The van der Waals surface area contributed by atoms with Crippen LogP contribution in [0.15, 0.2) is 28.9 Å². The number of ether oxygens (including phenoxy) is 1. The van der Waals surface area contributed by atoms with E-state index < -0.39 is 0 Å². The number of hydrogen-bond acceptors (Lipinski definition) is 3. The summed E-state index contributed by atoms with van der Waals surface area (Å²) in [5, 5.41) is 1.02. The Kier molecular flexibility index (Phi) is 1.63. The van der Waals surface area contributed by atoms with Crippen LogP contribution in [0.1, 0.15) is 35.4 Å². The molecule has 0 aliphatic carbocycles. The Balaban J connectivity index is 2.29. The van der Waals surface area contributed by atoms with Gasteiger partial charge in [-0.15, -0.1) is 0 Å². The fourth-order valence-corrected chi connectivity index (χ4v) is 2.03. The van der Waals surface area contributed by atoms with Gasteiger partial charge >= 0.3 is 5.97 Å². The maximum absolute atomic E-state index is 11.5. The molecule has 1 atom stereocenters. The second-order valence-corrected chi connectivity index (χ2v) is 3.70. The molecule has 3 rings (SSSR count). The van der Waals surface area contributed by atoms with E-state index in [0.29, 0.717) is 5.56 Å². The first kappa shape index (κ1) is 8.53. The van der Waals surface area contributed by atoms with Crippen molar-refractivity contribution in [1.29, 1.82) is 0 Å². The van der Waals surface area contributed by atoms with E-state index in [9.17, 15) is 4.79 Å². The third-order valence-corrected chi connectivity index (χ3v) is 2.81. The summed E-state index contributed by atoms with van der Waals surface area (Å²) < 4.78 is 10.5. The number of benzene rings is 1. The second-order valence-electron chi connectivity index (χ2n) is 3.70. The molecule has 0 unspecified atom stereocenters. The predicted molar refractivity (Wildman–Crippen MR) is 54.7 cm³/mol. The van der Waals surface area contributed by atoms with E-state index >= 15 is 0 Å². The molecule has 1 aliphatic rings. The molecular formula is C12H10O3. The first-order valence-electron chi connectivity index (χ1n) is 5.01. The van der Waals surface area contributed by atoms with E-state index in [1.54, 1.807) is 12.3 Å². The highest BCUT2D eigenvalue weighted by atomic mass is 16.5. The topological polar surface area (TPSA) is 39.4 Å². The molecule has 3 nitrogen and oxygen atoms in total. The molecule has 1 aromatic carbocycles. The number of furan rings is 1. The maximum Gasteiger partial charge on any atom is 0.339 e. The zero-order valence-electron chi connectivity index (χ0n) is 8.32. The van der Waals surface area contributed by atoms with Crippen molar-refractivity contribution >= 4 is 16.9 Å². The van der Waals surface area contributed by atoms with Gasteiger partial charge in [0.1, 0.15) is 11.7 Å². The van der Waals surface area contributed by atoms with Crippen LogP contribution in [0.3, 0.4) is 0 Å². The number of fused-ring (bicyclic) bond motifs is 2. The fraction of sp³-hybridized carbons (Fsp3) is 0.250. The second kappa shape index (κ2) is 2.86. The van der Waals surface area contributed by atoms with Gasteiger partial charge in [0.15, 0.2) is 0 Å². The first-order valence-corrected chi connectivity index (χ1v) is 5.01. The molecule has 76 valence electrons. The van der Waals surface area contributed by atoms with Crippen molar-refractivity contribution in [3.63, 3.8) is 0 Å². The number of cyclic esters (lactones) is 1. The normalized spacial score (nSPS) is 19.3. The molecule has 0 N–H and O–H groups in total. The van der Waals surface area contributed by atoms with Gasteiger partial charge in [0.25, 0.3) is 0 Å². The van der Waals surface area contributed by atoms with Crippen LogP contribution in [0.25, 0.3) is 11.0 Å². The van der Waals surface area contributed by atoms with E-state index in [1.165, 1.54) is 0 Å². The summed E-state index contributed by atoms with van der Waals surface area (Å²) >= 11 is 0. The predicted octanol–water partition coefficient (Wildman–Crippen LogP) is 3.05. The number of hydrogen-bond donors (Lipinski definition) is 0. The van der Waals surface area contributed by atoms with Crippen LogP contribution in [0.2, 0.25) is 0 Å². The number of esters is 1. The van der Waals surface area contributed by atoms with Gasteiger partial charge in [-0.1, -0.05) is 6.92 Å². The van der Waals surface area contributed by atoms with Gasteiger partial charge in [-0.25, -0.2) is 4.79 Å². The molecule has 0 fully saturated rings. The Hall–Kier alpha value is -1.77. The lowest BCUT2D eigenvalue weighted by atomic mass is 10.0. The summed E-state index contributed by atoms with van der Waals surface area (Å²) in [6, 6.07) is 5.64. The van der Waals surface area contributed by atoms with Crippen LogP contribution in [0.5, 0.6) is 0 Å². The standard InChI is InChI=1S/C12H10O3/c1-2-10-8-5-7-3-4-14-11(7)6-9(8)12(13)15-10/h3-6,10H,2H2,1H3/t10-/m0/s1. The van der Waals surface area contributed by atoms with Gasteiger partial charge in [-0.05, 0) is 24.6 Å².